The summed E-state index contributed by atoms with van der Waals surface area (Å²) in [5.74, 6) is -0.313. The molecule has 0 aliphatic carbocycles. The normalized spacial score (nSPS) is 14.0. The summed E-state index contributed by atoms with van der Waals surface area (Å²) in [7, 11) is 0. The summed E-state index contributed by atoms with van der Waals surface area (Å²) in [5.41, 5.74) is 4.67. The highest BCUT2D eigenvalue weighted by Gasteiger charge is 2.30. The molecule has 0 spiro atoms. The van der Waals surface area contributed by atoms with Crippen LogP contribution in [0.3, 0.4) is 0 Å². The Hall–Kier alpha value is -4.01. The molecule has 4 rings (SSSR count). The second kappa shape index (κ2) is 10.9. The van der Waals surface area contributed by atoms with E-state index in [4.69, 9.17) is 0 Å². The third-order valence-corrected chi connectivity index (χ3v) is 6.07. The van der Waals surface area contributed by atoms with Crippen molar-refractivity contribution in [1.82, 2.24) is 4.90 Å². The fourth-order valence-corrected chi connectivity index (χ4v) is 4.16. The summed E-state index contributed by atoms with van der Waals surface area (Å²) in [6.07, 6.45) is 0.861. The molecule has 0 radical (unpaired) electrons. The van der Waals surface area contributed by atoms with Gasteiger partial charge in [0.15, 0.2) is 0 Å². The second-order valence-electron chi connectivity index (χ2n) is 8.29. The number of amides is 1. The number of likely N-dealkylation sites (N-methyl/N-ethyl adjacent to an activating group) is 1. The molecule has 1 heterocycles. The maximum absolute atomic E-state index is 13.0. The summed E-state index contributed by atoms with van der Waals surface area (Å²) >= 11 is 0. The molecule has 0 atom stereocenters. The number of non-ortho nitro benzene ring substituents is 1. The SMILES string of the molecule is CCN(CCO)CCc1ccc(NC(=C2C(=O)Nc3ccc([N+](=O)[O-])cc32)c2ccccc2)cc1. The van der Waals surface area contributed by atoms with Crippen LogP contribution in [-0.2, 0) is 11.2 Å². The summed E-state index contributed by atoms with van der Waals surface area (Å²) in [4.78, 5) is 26.1. The number of aliphatic hydroxyl groups excluding tert-OH is 1. The quantitative estimate of drug-likeness (QED) is 0.230. The molecule has 0 aromatic heterocycles. The molecule has 1 aliphatic heterocycles. The van der Waals surface area contributed by atoms with Gasteiger partial charge in [-0.2, -0.15) is 0 Å². The van der Waals surface area contributed by atoms with Crippen molar-refractivity contribution in [3.8, 4) is 0 Å². The minimum atomic E-state index is -0.463. The Labute approximate surface area is 204 Å². The van der Waals surface area contributed by atoms with E-state index in [-0.39, 0.29) is 18.2 Å². The van der Waals surface area contributed by atoms with Crippen LogP contribution >= 0.6 is 0 Å². The van der Waals surface area contributed by atoms with Crippen molar-refractivity contribution >= 4 is 34.2 Å². The number of carbonyl (C=O) groups is 1. The van der Waals surface area contributed by atoms with E-state index in [2.05, 4.69) is 22.5 Å². The zero-order valence-electron chi connectivity index (χ0n) is 19.5. The van der Waals surface area contributed by atoms with Crippen molar-refractivity contribution in [2.45, 2.75) is 13.3 Å². The summed E-state index contributed by atoms with van der Waals surface area (Å²) in [5, 5.41) is 26.7. The van der Waals surface area contributed by atoms with E-state index in [1.807, 2.05) is 54.6 Å². The van der Waals surface area contributed by atoms with Crippen LogP contribution in [0.15, 0.2) is 72.8 Å². The highest BCUT2D eigenvalue weighted by atomic mass is 16.6. The molecule has 1 amide bonds. The van der Waals surface area contributed by atoms with Gasteiger partial charge in [0.1, 0.15) is 0 Å². The molecule has 0 saturated carbocycles. The fourth-order valence-electron chi connectivity index (χ4n) is 4.16. The Morgan fingerprint density at radius 3 is 2.46 bits per heavy atom. The zero-order valence-corrected chi connectivity index (χ0v) is 19.5. The molecule has 0 unspecified atom stereocenters. The lowest BCUT2D eigenvalue weighted by Gasteiger charge is -2.19. The van der Waals surface area contributed by atoms with Gasteiger partial charge in [0.25, 0.3) is 11.6 Å². The van der Waals surface area contributed by atoms with Crippen LogP contribution in [-0.4, -0.2) is 47.1 Å². The Bertz CT molecular complexity index is 1240. The maximum atomic E-state index is 13.0. The number of nitro groups is 1. The number of fused-ring (bicyclic) bond motifs is 1. The maximum Gasteiger partial charge on any atom is 0.270 e. The number of anilines is 2. The summed E-state index contributed by atoms with van der Waals surface area (Å²) in [6.45, 7) is 4.63. The molecular weight excluding hydrogens is 444 g/mol. The lowest BCUT2D eigenvalue weighted by molar-refractivity contribution is -0.384. The van der Waals surface area contributed by atoms with E-state index in [1.165, 1.54) is 17.7 Å². The molecule has 0 fully saturated rings. The monoisotopic (exact) mass is 472 g/mol. The topological polar surface area (TPSA) is 108 Å². The van der Waals surface area contributed by atoms with Gasteiger partial charge < -0.3 is 20.6 Å². The van der Waals surface area contributed by atoms with Crippen LogP contribution < -0.4 is 10.6 Å². The molecule has 3 aromatic carbocycles. The number of rotatable bonds is 10. The van der Waals surface area contributed by atoms with Crippen molar-refractivity contribution in [1.29, 1.82) is 0 Å². The van der Waals surface area contributed by atoms with Gasteiger partial charge in [0.2, 0.25) is 0 Å². The number of aliphatic hydroxyl groups is 1. The van der Waals surface area contributed by atoms with Gasteiger partial charge in [-0.3, -0.25) is 14.9 Å². The average Bonchev–Trinajstić information content (AvgIpc) is 3.21. The number of hydrogen-bond acceptors (Lipinski definition) is 6. The number of carbonyl (C=O) groups excluding carboxylic acids is 1. The van der Waals surface area contributed by atoms with E-state index in [9.17, 15) is 20.0 Å². The largest absolute Gasteiger partial charge is 0.395 e. The number of hydrogen-bond donors (Lipinski definition) is 3. The van der Waals surface area contributed by atoms with Crippen LogP contribution in [0.2, 0.25) is 0 Å². The summed E-state index contributed by atoms with van der Waals surface area (Å²) in [6, 6.07) is 21.8. The van der Waals surface area contributed by atoms with Crippen LogP contribution in [0.4, 0.5) is 17.1 Å². The molecule has 3 aromatic rings. The smallest absolute Gasteiger partial charge is 0.270 e. The molecule has 1 aliphatic rings. The molecule has 0 bridgehead atoms. The first-order valence-corrected chi connectivity index (χ1v) is 11.6. The van der Waals surface area contributed by atoms with Gasteiger partial charge >= 0.3 is 0 Å². The highest BCUT2D eigenvalue weighted by molar-refractivity contribution is 6.37. The Kier molecular flexibility index (Phi) is 7.54. The van der Waals surface area contributed by atoms with Crippen molar-refractivity contribution in [3.63, 3.8) is 0 Å². The predicted molar refractivity (Wildman–Crippen MR) is 138 cm³/mol. The predicted octanol–water partition coefficient (Wildman–Crippen LogP) is 4.38. The third-order valence-electron chi connectivity index (χ3n) is 6.07. The van der Waals surface area contributed by atoms with E-state index >= 15 is 0 Å². The van der Waals surface area contributed by atoms with Crippen LogP contribution in [0.1, 0.15) is 23.6 Å². The molecule has 180 valence electrons. The minimum absolute atomic E-state index is 0.0724. The van der Waals surface area contributed by atoms with E-state index in [0.29, 0.717) is 29.1 Å². The van der Waals surface area contributed by atoms with Gasteiger partial charge in [-0.1, -0.05) is 49.4 Å². The Morgan fingerprint density at radius 1 is 1.06 bits per heavy atom. The van der Waals surface area contributed by atoms with Crippen molar-refractivity contribution in [3.05, 3.63) is 99.6 Å². The minimum Gasteiger partial charge on any atom is -0.395 e. The molecular formula is C27H28N4O4. The van der Waals surface area contributed by atoms with Gasteiger partial charge in [0, 0.05) is 42.2 Å². The molecule has 8 heteroatoms. The zero-order chi connectivity index (χ0) is 24.8. The number of nitrogens with one attached hydrogen (secondary N) is 2. The molecule has 8 nitrogen and oxygen atoms in total. The lowest BCUT2D eigenvalue weighted by Crippen LogP contribution is -2.28. The standard InChI is InChI=1S/C27H28N4O4/c1-2-30(16-17-32)15-14-19-8-10-21(11-9-19)28-26(20-6-4-3-5-7-20)25-23-18-22(31(34)35)12-13-24(23)29-27(25)33/h3-13,18,28,32H,2,14-17H2,1H3,(H,29,33). The van der Waals surface area contributed by atoms with Gasteiger partial charge in [-0.05, 0) is 42.3 Å². The first-order chi connectivity index (χ1) is 17.0. The number of nitrogens with zero attached hydrogens (tertiary/aromatic N) is 2. The number of nitro benzene ring substituents is 1. The van der Waals surface area contributed by atoms with E-state index < -0.39 is 4.92 Å². The van der Waals surface area contributed by atoms with Crippen molar-refractivity contribution in [2.75, 3.05) is 36.9 Å². The number of benzene rings is 3. The van der Waals surface area contributed by atoms with E-state index in [1.54, 1.807) is 6.07 Å². The van der Waals surface area contributed by atoms with Crippen LogP contribution in [0, 0.1) is 10.1 Å². The van der Waals surface area contributed by atoms with Gasteiger partial charge in [-0.15, -0.1) is 0 Å². The molecule has 3 N–H and O–H groups in total. The van der Waals surface area contributed by atoms with Gasteiger partial charge in [-0.25, -0.2) is 0 Å². The fraction of sp³-hybridized carbons (Fsp3) is 0.222. The second-order valence-corrected chi connectivity index (χ2v) is 8.29. The molecule has 0 saturated heterocycles. The lowest BCUT2D eigenvalue weighted by atomic mass is 9.99. The highest BCUT2D eigenvalue weighted by Crippen LogP contribution is 2.39. The first kappa shape index (κ1) is 24.1. The summed E-state index contributed by atoms with van der Waals surface area (Å²) < 4.78 is 0. The molecule has 35 heavy (non-hydrogen) atoms. The van der Waals surface area contributed by atoms with E-state index in [0.717, 1.165) is 30.8 Å². The third kappa shape index (κ3) is 5.56. The first-order valence-electron chi connectivity index (χ1n) is 11.6. The van der Waals surface area contributed by atoms with Crippen LogP contribution in [0.25, 0.3) is 11.3 Å². The van der Waals surface area contributed by atoms with Crippen molar-refractivity contribution in [2.24, 2.45) is 0 Å². The van der Waals surface area contributed by atoms with Gasteiger partial charge in [0.05, 0.1) is 22.8 Å². The van der Waals surface area contributed by atoms with Crippen LogP contribution in [0.5, 0.6) is 0 Å². The Balaban J connectivity index is 1.66. The average molecular weight is 473 g/mol. The Morgan fingerprint density at radius 2 is 1.80 bits per heavy atom. The van der Waals surface area contributed by atoms with Crippen molar-refractivity contribution < 1.29 is 14.8 Å².